The number of carbonyl (C=O) groups is 1. The predicted molar refractivity (Wildman–Crippen MR) is 79.6 cm³/mol. The van der Waals surface area contributed by atoms with Crippen LogP contribution in [-0.4, -0.2) is 54.5 Å². The van der Waals surface area contributed by atoms with Crippen molar-refractivity contribution in [2.75, 3.05) is 32.7 Å². The highest BCUT2D eigenvalue weighted by Crippen LogP contribution is 2.17. The van der Waals surface area contributed by atoms with E-state index in [1.807, 2.05) is 4.90 Å². The van der Waals surface area contributed by atoms with Crippen LogP contribution in [0, 0.1) is 13.8 Å². The molecule has 0 saturated carbocycles. The summed E-state index contributed by atoms with van der Waals surface area (Å²) in [5.74, 6) is 0.284. The lowest BCUT2D eigenvalue weighted by Crippen LogP contribution is -2.63. The minimum Gasteiger partial charge on any atom is -0.335 e. The van der Waals surface area contributed by atoms with Crippen molar-refractivity contribution in [3.63, 3.8) is 0 Å². The number of carbonyl (C=O) groups excluding carboxylic acids is 1. The minimum atomic E-state index is 0.284. The Morgan fingerprint density at radius 1 is 1.30 bits per heavy atom. The van der Waals surface area contributed by atoms with Gasteiger partial charge < -0.3 is 10.2 Å². The molecule has 2 heterocycles. The topological polar surface area (TPSA) is 35.6 Å². The van der Waals surface area contributed by atoms with E-state index < -0.39 is 0 Å². The summed E-state index contributed by atoms with van der Waals surface area (Å²) in [7, 11) is 0. The van der Waals surface area contributed by atoms with E-state index in [1.54, 1.807) is 0 Å². The second-order valence-corrected chi connectivity index (χ2v) is 6.03. The van der Waals surface area contributed by atoms with E-state index in [0.29, 0.717) is 12.6 Å². The molecule has 1 aromatic rings. The van der Waals surface area contributed by atoms with Crippen LogP contribution < -0.4 is 5.32 Å². The molecule has 1 N–H and O–H groups in total. The van der Waals surface area contributed by atoms with Crippen molar-refractivity contribution in [2.24, 2.45) is 0 Å². The number of piperazine rings is 2. The second kappa shape index (κ2) is 5.54. The zero-order valence-electron chi connectivity index (χ0n) is 12.4. The largest absolute Gasteiger partial charge is 0.335 e. The van der Waals surface area contributed by atoms with Gasteiger partial charge in [0, 0.05) is 32.7 Å². The molecule has 2 saturated heterocycles. The highest BCUT2D eigenvalue weighted by molar-refractivity contribution is 5.79. The van der Waals surface area contributed by atoms with Crippen molar-refractivity contribution in [3.05, 3.63) is 34.9 Å². The van der Waals surface area contributed by atoms with Gasteiger partial charge >= 0.3 is 0 Å². The van der Waals surface area contributed by atoms with Gasteiger partial charge in [0.1, 0.15) is 0 Å². The third-order valence-corrected chi connectivity index (χ3v) is 4.48. The van der Waals surface area contributed by atoms with E-state index in [-0.39, 0.29) is 5.91 Å². The van der Waals surface area contributed by atoms with E-state index in [9.17, 15) is 4.79 Å². The first kappa shape index (κ1) is 13.6. The summed E-state index contributed by atoms with van der Waals surface area (Å²) in [5.41, 5.74) is 3.95. The van der Waals surface area contributed by atoms with Gasteiger partial charge in [-0.25, -0.2) is 0 Å². The van der Waals surface area contributed by atoms with Crippen molar-refractivity contribution < 1.29 is 4.79 Å². The van der Waals surface area contributed by atoms with Gasteiger partial charge in [-0.15, -0.1) is 0 Å². The summed E-state index contributed by atoms with van der Waals surface area (Å²) in [6.45, 7) is 9.41. The lowest BCUT2D eigenvalue weighted by atomic mass is 10.0. The number of fused-ring (bicyclic) bond motifs is 1. The van der Waals surface area contributed by atoms with Crippen molar-refractivity contribution in [1.82, 2.24) is 15.1 Å². The number of aryl methyl sites for hydroxylation is 2. The number of nitrogens with one attached hydrogen (secondary N) is 1. The Balaban J connectivity index is 1.68. The third-order valence-electron chi connectivity index (χ3n) is 4.48. The van der Waals surface area contributed by atoms with E-state index >= 15 is 0 Å². The molecule has 0 aromatic heterocycles. The van der Waals surface area contributed by atoms with Gasteiger partial charge in [-0.3, -0.25) is 9.69 Å². The van der Waals surface area contributed by atoms with Crippen molar-refractivity contribution in [2.45, 2.75) is 26.4 Å². The molecule has 4 heteroatoms. The van der Waals surface area contributed by atoms with Crippen LogP contribution in [0.15, 0.2) is 18.2 Å². The van der Waals surface area contributed by atoms with E-state index in [4.69, 9.17) is 0 Å². The zero-order valence-corrected chi connectivity index (χ0v) is 12.4. The Morgan fingerprint density at radius 3 is 2.95 bits per heavy atom. The molecule has 108 valence electrons. The fraction of sp³-hybridized carbons (Fsp3) is 0.562. The van der Waals surface area contributed by atoms with Crippen LogP contribution in [-0.2, 0) is 11.3 Å². The van der Waals surface area contributed by atoms with Crippen LogP contribution in [0.1, 0.15) is 16.7 Å². The molecule has 2 aliphatic heterocycles. The summed E-state index contributed by atoms with van der Waals surface area (Å²) in [5, 5.41) is 3.38. The molecule has 20 heavy (non-hydrogen) atoms. The molecule has 1 amide bonds. The van der Waals surface area contributed by atoms with Crippen molar-refractivity contribution in [3.8, 4) is 0 Å². The molecular weight excluding hydrogens is 250 g/mol. The summed E-state index contributed by atoms with van der Waals surface area (Å²) in [6, 6.07) is 6.94. The average molecular weight is 273 g/mol. The second-order valence-electron chi connectivity index (χ2n) is 6.03. The Bertz CT molecular complexity index is 514. The summed E-state index contributed by atoms with van der Waals surface area (Å²) in [4.78, 5) is 16.5. The van der Waals surface area contributed by atoms with E-state index in [1.165, 1.54) is 16.7 Å². The number of benzene rings is 1. The summed E-state index contributed by atoms with van der Waals surface area (Å²) >= 11 is 0. The number of hydrogen-bond acceptors (Lipinski definition) is 3. The molecule has 0 aliphatic carbocycles. The van der Waals surface area contributed by atoms with Crippen LogP contribution in [0.5, 0.6) is 0 Å². The first-order valence-electron chi connectivity index (χ1n) is 7.42. The normalized spacial score (nSPS) is 23.8. The van der Waals surface area contributed by atoms with Gasteiger partial charge in [0.25, 0.3) is 0 Å². The zero-order chi connectivity index (χ0) is 14.1. The summed E-state index contributed by atoms with van der Waals surface area (Å²) in [6.07, 6.45) is 0. The molecule has 0 spiro atoms. The van der Waals surface area contributed by atoms with Crippen LogP contribution in [0.25, 0.3) is 0 Å². The molecular formula is C16H23N3O. The van der Waals surface area contributed by atoms with E-state index in [2.05, 4.69) is 42.3 Å². The van der Waals surface area contributed by atoms with Crippen LogP contribution in [0.2, 0.25) is 0 Å². The molecule has 4 nitrogen and oxygen atoms in total. The number of nitrogens with zero attached hydrogens (tertiary/aromatic N) is 2. The maximum Gasteiger partial charge on any atom is 0.237 e. The minimum absolute atomic E-state index is 0.284. The first-order valence-corrected chi connectivity index (χ1v) is 7.42. The highest BCUT2D eigenvalue weighted by Gasteiger charge is 2.33. The Labute approximate surface area is 120 Å². The SMILES string of the molecule is Cc1ccc(CN2CC(=O)N3CCNCC3C2)cc1C. The number of rotatable bonds is 2. The van der Waals surface area contributed by atoms with Crippen molar-refractivity contribution >= 4 is 5.91 Å². The quantitative estimate of drug-likeness (QED) is 0.870. The maximum absolute atomic E-state index is 12.2. The van der Waals surface area contributed by atoms with Gasteiger partial charge in [-0.05, 0) is 30.5 Å². The smallest absolute Gasteiger partial charge is 0.237 e. The predicted octanol–water partition coefficient (Wildman–Crippen LogP) is 0.919. The van der Waals surface area contributed by atoms with E-state index in [0.717, 1.165) is 32.7 Å². The van der Waals surface area contributed by atoms with Crippen LogP contribution in [0.3, 0.4) is 0 Å². The molecule has 0 bridgehead atoms. The molecule has 1 aromatic carbocycles. The lowest BCUT2D eigenvalue weighted by molar-refractivity contribution is -0.141. The Morgan fingerprint density at radius 2 is 2.15 bits per heavy atom. The van der Waals surface area contributed by atoms with Gasteiger partial charge in [-0.2, -0.15) is 0 Å². The highest BCUT2D eigenvalue weighted by atomic mass is 16.2. The number of hydrogen-bond donors (Lipinski definition) is 1. The van der Waals surface area contributed by atoms with Crippen molar-refractivity contribution in [1.29, 1.82) is 0 Å². The fourth-order valence-corrected chi connectivity index (χ4v) is 3.18. The molecule has 0 radical (unpaired) electrons. The van der Waals surface area contributed by atoms with Crippen LogP contribution >= 0.6 is 0 Å². The monoisotopic (exact) mass is 273 g/mol. The van der Waals surface area contributed by atoms with Crippen LogP contribution in [0.4, 0.5) is 0 Å². The fourth-order valence-electron chi connectivity index (χ4n) is 3.18. The maximum atomic E-state index is 12.2. The first-order chi connectivity index (χ1) is 9.63. The molecule has 1 unspecified atom stereocenters. The van der Waals surface area contributed by atoms with Gasteiger partial charge in [0.15, 0.2) is 0 Å². The lowest BCUT2D eigenvalue weighted by Gasteiger charge is -2.44. The summed E-state index contributed by atoms with van der Waals surface area (Å²) < 4.78 is 0. The van der Waals surface area contributed by atoms with Gasteiger partial charge in [0.05, 0.1) is 12.6 Å². The number of amides is 1. The molecule has 1 atom stereocenters. The Kier molecular flexibility index (Phi) is 3.76. The van der Waals surface area contributed by atoms with Gasteiger partial charge in [0.2, 0.25) is 5.91 Å². The third kappa shape index (κ3) is 2.72. The van der Waals surface area contributed by atoms with Gasteiger partial charge in [-0.1, -0.05) is 18.2 Å². The Hall–Kier alpha value is -1.39. The average Bonchev–Trinajstić information content (AvgIpc) is 2.43. The molecule has 3 rings (SSSR count). The standard InChI is InChI=1S/C16H23N3O/c1-12-3-4-14(7-13(12)2)9-18-10-15-8-17-5-6-19(15)16(20)11-18/h3-4,7,15,17H,5-6,8-11H2,1-2H3. The molecule has 2 fully saturated rings. The molecule has 2 aliphatic rings.